The van der Waals surface area contributed by atoms with Gasteiger partial charge >= 0.3 is 6.18 Å². The van der Waals surface area contributed by atoms with Gasteiger partial charge in [0.25, 0.3) is 0 Å². The second-order valence-electron chi connectivity index (χ2n) is 20.1. The van der Waals surface area contributed by atoms with Gasteiger partial charge in [0.2, 0.25) is 41.3 Å². The number of fused-ring (bicyclic) bond motifs is 1. The van der Waals surface area contributed by atoms with Crippen LogP contribution in [0.15, 0.2) is 12.1 Å². The van der Waals surface area contributed by atoms with Crippen LogP contribution < -0.4 is 21.2 Å². The van der Waals surface area contributed by atoms with Gasteiger partial charge in [-0.05, 0) is 80.8 Å². The summed E-state index contributed by atoms with van der Waals surface area (Å²) in [6.07, 6.45) is -3.81. The van der Waals surface area contributed by atoms with Crippen LogP contribution in [-0.2, 0) is 59.1 Å². The number of alkyl halides is 3. The number of hydrogen-bond acceptors (Lipinski definition) is 10. The van der Waals surface area contributed by atoms with E-state index in [2.05, 4.69) is 31.4 Å². The number of hydrogen-bond donors (Lipinski definition) is 4. The SMILES string of the molecule is [B]NC(C(=O)N1CCCC1C(=O)NC(C(=O)N1CCCC1C(=O)NC(C(=O)N1CCCC1C(=O)NC(CC(=O)C1CCn2c(nnc2C(F)(F)F)C1)Cc1cc(F)c(F)cc1F)C(C)C)C(C)C)C(C)C. The molecule has 8 atom stereocenters. The number of Topliss-reactive ketones (excluding diaryl/α,β-unsaturated/α-hetero) is 1. The third-order valence-corrected chi connectivity index (χ3v) is 14.1. The lowest BCUT2D eigenvalue weighted by Gasteiger charge is -2.35. The van der Waals surface area contributed by atoms with Crippen LogP contribution in [0.2, 0.25) is 0 Å². The number of likely N-dealkylation sites (tertiary alicyclic amines) is 3. The Hall–Kier alpha value is -5.55. The molecule has 1 aromatic heterocycles. The molecule has 3 fully saturated rings. The molecule has 24 heteroatoms. The molecular weight excluding hydrogens is 941 g/mol. The number of aromatic nitrogens is 3. The summed E-state index contributed by atoms with van der Waals surface area (Å²) in [5.74, 6) is -11.1. The average Bonchev–Trinajstić information content (AvgIpc) is 4.15. The Kier molecular flexibility index (Phi) is 17.7. The summed E-state index contributed by atoms with van der Waals surface area (Å²) in [6, 6.07) is -6.25. The first-order valence-electron chi connectivity index (χ1n) is 24.4. The molecule has 2 radical (unpaired) electrons. The van der Waals surface area contributed by atoms with Gasteiger partial charge in [-0.3, -0.25) is 33.6 Å². The molecule has 4 N–H and O–H groups in total. The highest BCUT2D eigenvalue weighted by Crippen LogP contribution is 2.33. The van der Waals surface area contributed by atoms with Crippen LogP contribution >= 0.6 is 0 Å². The Morgan fingerprint density at radius 3 is 1.54 bits per heavy atom. The van der Waals surface area contributed by atoms with Crippen molar-refractivity contribution in [3.8, 4) is 0 Å². The van der Waals surface area contributed by atoms with Crippen molar-refractivity contribution in [1.82, 2.24) is 50.6 Å². The van der Waals surface area contributed by atoms with E-state index < -0.39 is 138 Å². The third-order valence-electron chi connectivity index (χ3n) is 14.1. The Morgan fingerprint density at radius 1 is 0.634 bits per heavy atom. The zero-order valence-electron chi connectivity index (χ0n) is 40.8. The fraction of sp³-hybridized carbons (Fsp3) is 0.681. The first-order valence-corrected chi connectivity index (χ1v) is 24.4. The van der Waals surface area contributed by atoms with Gasteiger partial charge in [-0.25, -0.2) is 13.2 Å². The maximum absolute atomic E-state index is 15.0. The van der Waals surface area contributed by atoms with Gasteiger partial charge in [-0.15, -0.1) is 10.2 Å². The molecule has 0 bridgehead atoms. The first kappa shape index (κ1) is 54.8. The number of ketones is 1. The van der Waals surface area contributed by atoms with Gasteiger partial charge < -0.3 is 40.4 Å². The predicted octanol–water partition coefficient (Wildman–Crippen LogP) is 2.92. The normalized spacial score (nSPS) is 22.1. The molecule has 0 saturated carbocycles. The van der Waals surface area contributed by atoms with E-state index in [1.54, 1.807) is 27.7 Å². The number of benzene rings is 1. The Balaban J connectivity index is 1.13. The topological polar surface area (TPSA) is 208 Å². The zero-order chi connectivity index (χ0) is 52.2. The van der Waals surface area contributed by atoms with E-state index >= 15 is 4.39 Å². The molecule has 5 heterocycles. The molecule has 4 aliphatic rings. The summed E-state index contributed by atoms with van der Waals surface area (Å²) in [6.45, 7) is 10.9. The Morgan fingerprint density at radius 2 is 1.08 bits per heavy atom. The predicted molar refractivity (Wildman–Crippen MR) is 244 cm³/mol. The Labute approximate surface area is 409 Å². The molecule has 6 rings (SSSR count). The monoisotopic (exact) mass is 1000 g/mol. The first-order chi connectivity index (χ1) is 33.4. The highest BCUT2D eigenvalue weighted by atomic mass is 19.4. The van der Waals surface area contributed by atoms with Crippen LogP contribution in [0.5, 0.6) is 0 Å². The molecule has 2 aromatic rings. The molecule has 8 unspecified atom stereocenters. The molecule has 4 aliphatic heterocycles. The standard InChI is InChI=1S/C47H63BF6N10O7/c1-23(2)37(56-41(67)33-11-8-15-62(33)44(70)38(24(3)4)57-42(68)34-12-9-16-63(34)45(71)39(58-48)25(5)6)43(69)61-14-7-10-32(61)40(66)55-28(18-27-19-30(50)31(51)22-29(27)49)21-35(65)26-13-17-64-36(20-26)59-60-46(64)47(52,53)54/h19,22-26,28,32-34,37-39,58H,7-18,20-21H2,1-6H3,(H,55,66)(H,56,67)(H,57,68). The van der Waals surface area contributed by atoms with Crippen molar-refractivity contribution in [2.24, 2.45) is 23.7 Å². The minimum Gasteiger partial charge on any atom is -0.356 e. The van der Waals surface area contributed by atoms with Crippen LogP contribution in [0.1, 0.15) is 110 Å². The minimum absolute atomic E-state index is 0.0301. The Bertz CT molecular complexity index is 2330. The number of rotatable bonds is 18. The smallest absolute Gasteiger partial charge is 0.356 e. The maximum atomic E-state index is 15.0. The van der Waals surface area contributed by atoms with E-state index in [0.717, 1.165) is 4.57 Å². The van der Waals surface area contributed by atoms with Crippen molar-refractivity contribution < 1.29 is 59.9 Å². The van der Waals surface area contributed by atoms with E-state index in [0.29, 0.717) is 44.4 Å². The van der Waals surface area contributed by atoms with E-state index in [-0.39, 0.29) is 68.5 Å². The molecule has 71 heavy (non-hydrogen) atoms. The molecule has 17 nitrogen and oxygen atoms in total. The summed E-state index contributed by atoms with van der Waals surface area (Å²) in [5, 5.41) is 17.8. The lowest BCUT2D eigenvalue weighted by Crippen LogP contribution is -2.60. The quantitative estimate of drug-likeness (QED) is 0.0976. The highest BCUT2D eigenvalue weighted by Gasteiger charge is 2.46. The third kappa shape index (κ3) is 12.4. The number of carbonyl (C=O) groups excluding carboxylic acids is 7. The number of amides is 6. The van der Waals surface area contributed by atoms with Crippen molar-refractivity contribution in [3.63, 3.8) is 0 Å². The lowest BCUT2D eigenvalue weighted by atomic mass is 9.88. The van der Waals surface area contributed by atoms with Gasteiger partial charge in [0.15, 0.2) is 19.6 Å². The summed E-state index contributed by atoms with van der Waals surface area (Å²) in [5.41, 5.74) is -0.364. The van der Waals surface area contributed by atoms with Crippen LogP contribution in [0, 0.1) is 41.1 Å². The lowest BCUT2D eigenvalue weighted by molar-refractivity contribution is -0.148. The number of halogens is 6. The van der Waals surface area contributed by atoms with Crippen molar-refractivity contribution in [3.05, 3.63) is 46.8 Å². The minimum atomic E-state index is -4.77. The summed E-state index contributed by atoms with van der Waals surface area (Å²) in [4.78, 5) is 102. The molecule has 1 aromatic carbocycles. The van der Waals surface area contributed by atoms with Gasteiger partial charge in [-0.1, -0.05) is 41.5 Å². The van der Waals surface area contributed by atoms with Crippen LogP contribution in [-0.4, -0.2) is 141 Å². The van der Waals surface area contributed by atoms with Crippen LogP contribution in [0.25, 0.3) is 0 Å². The fourth-order valence-corrected chi connectivity index (χ4v) is 10.2. The van der Waals surface area contributed by atoms with Gasteiger partial charge in [0.1, 0.15) is 47.6 Å². The van der Waals surface area contributed by atoms with Gasteiger partial charge in [0.05, 0.1) is 6.04 Å². The molecule has 0 aliphatic carbocycles. The fourth-order valence-electron chi connectivity index (χ4n) is 10.2. The van der Waals surface area contributed by atoms with Crippen LogP contribution in [0.3, 0.4) is 0 Å². The maximum Gasteiger partial charge on any atom is 0.451 e. The van der Waals surface area contributed by atoms with Crippen LogP contribution in [0.4, 0.5) is 26.3 Å². The largest absolute Gasteiger partial charge is 0.451 e. The molecule has 0 spiro atoms. The van der Waals surface area contributed by atoms with Crippen molar-refractivity contribution >= 4 is 49.2 Å². The summed E-state index contributed by atoms with van der Waals surface area (Å²) in [7, 11) is 5.67. The van der Waals surface area contributed by atoms with Crippen molar-refractivity contribution in [2.45, 2.75) is 161 Å². The molecule has 3 saturated heterocycles. The summed E-state index contributed by atoms with van der Waals surface area (Å²) >= 11 is 0. The molecular formula is C47H63BF6N10O7. The number of nitrogens with one attached hydrogen (secondary N) is 4. The molecule has 388 valence electrons. The van der Waals surface area contributed by atoms with E-state index in [4.69, 9.17) is 7.98 Å². The van der Waals surface area contributed by atoms with Crippen molar-refractivity contribution in [2.75, 3.05) is 19.6 Å². The second kappa shape index (κ2) is 22.9. The highest BCUT2D eigenvalue weighted by molar-refractivity contribution is 6.07. The zero-order valence-corrected chi connectivity index (χ0v) is 40.8. The van der Waals surface area contributed by atoms with E-state index in [1.807, 2.05) is 13.8 Å². The van der Waals surface area contributed by atoms with E-state index in [1.165, 1.54) is 14.7 Å². The number of carbonyl (C=O) groups is 7. The van der Waals surface area contributed by atoms with Gasteiger partial charge in [-0.2, -0.15) is 13.2 Å². The van der Waals surface area contributed by atoms with Crippen molar-refractivity contribution in [1.29, 1.82) is 0 Å². The summed E-state index contributed by atoms with van der Waals surface area (Å²) < 4.78 is 84.6. The number of nitrogens with zero attached hydrogens (tertiary/aromatic N) is 6. The average molecular weight is 1000 g/mol. The second-order valence-corrected chi connectivity index (χ2v) is 20.1. The van der Waals surface area contributed by atoms with E-state index in [9.17, 15) is 55.5 Å². The molecule has 6 amide bonds. The van der Waals surface area contributed by atoms with Gasteiger partial charge in [0, 0.05) is 57.0 Å².